The first-order valence-corrected chi connectivity index (χ1v) is 11.9. The molecule has 206 valence electrons. The highest BCUT2D eigenvalue weighted by Gasteiger charge is 2.24. The molecule has 0 radical (unpaired) electrons. The highest BCUT2D eigenvalue weighted by Crippen LogP contribution is 2.01. The molecule has 37 heavy (non-hydrogen) atoms. The maximum atomic E-state index is 12.3. The van der Waals surface area contributed by atoms with Crippen LogP contribution < -0.4 is 21.8 Å². The van der Waals surface area contributed by atoms with E-state index in [0.29, 0.717) is 5.01 Å². The third-order valence-electron chi connectivity index (χ3n) is 3.98. The molecule has 12 heteroatoms. The van der Waals surface area contributed by atoms with Crippen LogP contribution in [-0.2, 0) is 35.3 Å². The van der Waals surface area contributed by atoms with Crippen molar-refractivity contribution in [3.05, 3.63) is 48.0 Å². The van der Waals surface area contributed by atoms with Crippen LogP contribution in [0.2, 0.25) is 0 Å². The molecule has 0 saturated heterocycles. The van der Waals surface area contributed by atoms with Gasteiger partial charge >= 0.3 is 6.09 Å². The topological polar surface area (TPSA) is 177 Å². The molecule has 12 nitrogen and oxygen atoms in total. The molecule has 0 aliphatic heterocycles. The number of ketones is 1. The fraction of sp³-hybridized carbons (Fsp3) is 0.440. The van der Waals surface area contributed by atoms with E-state index in [4.69, 9.17) is 10.5 Å². The largest absolute Gasteiger partial charge is 0.445 e. The Bertz CT molecular complexity index is 919. The quantitative estimate of drug-likeness (QED) is 0.265. The number of alkyl carbamates (subject to hydrolysis) is 1. The normalized spacial score (nSPS) is 11.2. The van der Waals surface area contributed by atoms with Gasteiger partial charge in [-0.25, -0.2) is 9.80 Å². The number of carbonyl (C=O) groups is 6. The Morgan fingerprint density at radius 3 is 1.95 bits per heavy atom. The summed E-state index contributed by atoms with van der Waals surface area (Å²) < 4.78 is 5.03. The molecule has 0 aromatic heterocycles. The molecule has 0 spiro atoms. The Hall–Kier alpha value is -4.22. The summed E-state index contributed by atoms with van der Waals surface area (Å²) in [6.07, 6.45) is 0.994. The van der Waals surface area contributed by atoms with Crippen molar-refractivity contribution in [1.82, 2.24) is 21.1 Å². The van der Waals surface area contributed by atoms with Crippen molar-refractivity contribution in [2.75, 3.05) is 6.54 Å². The third kappa shape index (κ3) is 16.1. The lowest BCUT2D eigenvalue weighted by Crippen LogP contribution is -2.56. The van der Waals surface area contributed by atoms with Crippen molar-refractivity contribution < 1.29 is 33.5 Å². The van der Waals surface area contributed by atoms with Gasteiger partial charge in [0.25, 0.3) is 11.8 Å². The van der Waals surface area contributed by atoms with Crippen molar-refractivity contribution in [2.45, 2.75) is 67.2 Å². The van der Waals surface area contributed by atoms with Gasteiger partial charge in [-0.1, -0.05) is 58.0 Å². The third-order valence-corrected chi connectivity index (χ3v) is 3.98. The smallest absolute Gasteiger partial charge is 0.408 e. The summed E-state index contributed by atoms with van der Waals surface area (Å²) in [5.74, 6) is -3.74. The lowest BCUT2D eigenvalue weighted by molar-refractivity contribution is -0.142. The van der Waals surface area contributed by atoms with Crippen molar-refractivity contribution in [1.29, 1.82) is 0 Å². The second kappa shape index (κ2) is 20.0. The molecule has 0 unspecified atom stereocenters. The lowest BCUT2D eigenvalue weighted by atomic mass is 10.2. The lowest BCUT2D eigenvalue weighted by Gasteiger charge is -2.24. The number of allylic oxidation sites excluding steroid dienone is 1. The van der Waals surface area contributed by atoms with Gasteiger partial charge in [0.05, 0.1) is 0 Å². The van der Waals surface area contributed by atoms with Crippen LogP contribution in [0.4, 0.5) is 4.79 Å². The van der Waals surface area contributed by atoms with Gasteiger partial charge in [-0.15, -0.1) is 0 Å². The summed E-state index contributed by atoms with van der Waals surface area (Å²) in [4.78, 5) is 70.7. The zero-order valence-corrected chi connectivity index (χ0v) is 22.5. The highest BCUT2D eigenvalue weighted by molar-refractivity contribution is 5.99. The molecule has 1 aromatic rings. The van der Waals surface area contributed by atoms with Crippen molar-refractivity contribution in [3.8, 4) is 0 Å². The van der Waals surface area contributed by atoms with E-state index in [-0.39, 0.29) is 6.61 Å². The number of primary amides is 1. The van der Waals surface area contributed by atoms with Gasteiger partial charge in [0, 0.05) is 6.08 Å². The fourth-order valence-corrected chi connectivity index (χ4v) is 2.25. The number of hydrazine groups is 1. The Morgan fingerprint density at radius 1 is 0.892 bits per heavy atom. The van der Waals surface area contributed by atoms with Crippen LogP contribution in [0.25, 0.3) is 0 Å². The van der Waals surface area contributed by atoms with Gasteiger partial charge in [-0.3, -0.25) is 29.4 Å². The summed E-state index contributed by atoms with van der Waals surface area (Å²) in [6.45, 7) is 11.3. The number of hydrogen-bond acceptors (Lipinski definition) is 7. The minimum Gasteiger partial charge on any atom is -0.445 e. The van der Waals surface area contributed by atoms with Crippen molar-refractivity contribution in [2.24, 2.45) is 5.73 Å². The average Bonchev–Trinajstić information content (AvgIpc) is 2.88. The first kappa shape index (κ1) is 34.9. The first-order valence-electron chi connectivity index (χ1n) is 11.9. The molecule has 0 fully saturated rings. The number of benzene rings is 1. The Morgan fingerprint density at radius 2 is 1.43 bits per heavy atom. The van der Waals surface area contributed by atoms with E-state index >= 15 is 0 Å². The molecule has 1 aromatic carbocycles. The number of ether oxygens (including phenoxy) is 1. The van der Waals surface area contributed by atoms with E-state index in [9.17, 15) is 28.8 Å². The molecule has 0 heterocycles. The van der Waals surface area contributed by atoms with Crippen molar-refractivity contribution in [3.63, 3.8) is 0 Å². The van der Waals surface area contributed by atoms with E-state index in [1.165, 1.54) is 20.8 Å². The molecule has 0 aliphatic carbocycles. The van der Waals surface area contributed by atoms with E-state index < -0.39 is 54.1 Å². The highest BCUT2D eigenvalue weighted by atomic mass is 16.5. The standard InChI is InChI=1S/C21H27N5O7.2C2H6/c1-13(27)9-10-18(29)26(11-17(22)28)25-20(31)15(3)23-19(30)14(2)24-21(32)33-12-16-7-5-4-6-8-16;2*1-2/h4-10,14-15H,11-12H2,1-3H3,(H2,22,28)(H,23,30)(H,24,32)(H,25,31);2*1-2H3/b10-9+;;/t14-,15-;;/m0../s1. The summed E-state index contributed by atoms with van der Waals surface area (Å²) in [5.41, 5.74) is 7.99. The van der Waals surface area contributed by atoms with Crippen LogP contribution in [0, 0.1) is 0 Å². The molecular formula is C25H39N5O7. The Labute approximate surface area is 217 Å². The Balaban J connectivity index is 0. The maximum Gasteiger partial charge on any atom is 0.408 e. The molecule has 0 saturated carbocycles. The van der Waals surface area contributed by atoms with E-state index in [0.717, 1.165) is 17.7 Å². The number of rotatable bonds is 10. The van der Waals surface area contributed by atoms with Crippen LogP contribution in [0.3, 0.4) is 0 Å². The Kier molecular flexibility index (Phi) is 18.9. The predicted molar refractivity (Wildman–Crippen MR) is 138 cm³/mol. The minimum absolute atomic E-state index is 0.0155. The predicted octanol–water partition coefficient (Wildman–Crippen LogP) is 1.35. The molecule has 0 aliphatic rings. The first-order chi connectivity index (χ1) is 17.5. The van der Waals surface area contributed by atoms with Gasteiger partial charge in [0.15, 0.2) is 5.78 Å². The number of nitrogens with zero attached hydrogens (tertiary/aromatic N) is 1. The molecule has 5 amide bonds. The van der Waals surface area contributed by atoms with Gasteiger partial charge < -0.3 is 21.1 Å². The van der Waals surface area contributed by atoms with Gasteiger partial charge in [0.1, 0.15) is 25.2 Å². The number of carbonyl (C=O) groups excluding carboxylic acids is 6. The summed E-state index contributed by atoms with van der Waals surface area (Å²) in [7, 11) is 0. The van der Waals surface area contributed by atoms with Crippen LogP contribution in [0.15, 0.2) is 42.5 Å². The molecule has 1 rings (SSSR count). The maximum absolute atomic E-state index is 12.3. The van der Waals surface area contributed by atoms with Crippen LogP contribution in [-0.4, -0.2) is 59.1 Å². The summed E-state index contributed by atoms with van der Waals surface area (Å²) in [5, 5.41) is 5.30. The summed E-state index contributed by atoms with van der Waals surface area (Å²) >= 11 is 0. The molecule has 2 atom stereocenters. The molecular weight excluding hydrogens is 482 g/mol. The number of hydrogen-bond donors (Lipinski definition) is 4. The minimum atomic E-state index is -1.15. The van der Waals surface area contributed by atoms with Crippen molar-refractivity contribution >= 4 is 35.5 Å². The van der Waals surface area contributed by atoms with Gasteiger partial charge in [0.2, 0.25) is 11.8 Å². The van der Waals surface area contributed by atoms with E-state index in [1.54, 1.807) is 24.3 Å². The molecule has 5 N–H and O–H groups in total. The zero-order valence-electron chi connectivity index (χ0n) is 22.5. The van der Waals surface area contributed by atoms with Gasteiger partial charge in [-0.2, -0.15) is 0 Å². The van der Waals surface area contributed by atoms with E-state index in [2.05, 4.69) is 16.1 Å². The van der Waals surface area contributed by atoms with Crippen LogP contribution in [0.1, 0.15) is 54.0 Å². The fourth-order valence-electron chi connectivity index (χ4n) is 2.25. The SMILES string of the molecule is CC.CC.CC(=O)/C=C/C(=O)N(CC(N)=O)NC(=O)[C@H](C)NC(=O)[C@H](C)NC(=O)OCc1ccccc1. The zero-order chi connectivity index (χ0) is 29.0. The van der Waals surface area contributed by atoms with Gasteiger partial charge in [-0.05, 0) is 32.4 Å². The van der Waals surface area contributed by atoms with Crippen LogP contribution in [0.5, 0.6) is 0 Å². The molecule has 0 bridgehead atoms. The second-order valence-electron chi connectivity index (χ2n) is 6.97. The number of nitrogens with one attached hydrogen (secondary N) is 3. The average molecular weight is 522 g/mol. The monoisotopic (exact) mass is 521 g/mol. The van der Waals surface area contributed by atoms with Crippen LogP contribution >= 0.6 is 0 Å². The number of amides is 5. The number of nitrogens with two attached hydrogens (primary N) is 1. The second-order valence-corrected chi connectivity index (χ2v) is 6.97. The van der Waals surface area contributed by atoms with E-state index in [1.807, 2.05) is 33.8 Å². The summed E-state index contributed by atoms with van der Waals surface area (Å²) in [6, 6.07) is 6.75.